The minimum Gasteiger partial charge on any atom is -0.349 e. The predicted molar refractivity (Wildman–Crippen MR) is 206 cm³/mol. The van der Waals surface area contributed by atoms with Gasteiger partial charge in [0.15, 0.2) is 11.6 Å². The lowest BCUT2D eigenvalue weighted by atomic mass is 9.77. The van der Waals surface area contributed by atoms with E-state index in [4.69, 9.17) is 5.73 Å². The van der Waals surface area contributed by atoms with Gasteiger partial charge in [-0.3, -0.25) is 38.4 Å². The number of likely N-dealkylation sites (N-methyl/N-ethyl adjacent to an activating group) is 1. The Kier molecular flexibility index (Phi) is 21.8. The van der Waals surface area contributed by atoms with Crippen LogP contribution in [-0.4, -0.2) is 78.1 Å². The Bertz CT molecular complexity index is 1390. The van der Waals surface area contributed by atoms with Gasteiger partial charge in [0.25, 0.3) is 0 Å². The second-order valence-corrected chi connectivity index (χ2v) is 15.7. The third-order valence-corrected chi connectivity index (χ3v) is 9.91. The molecule has 53 heavy (non-hydrogen) atoms. The van der Waals surface area contributed by atoms with E-state index in [9.17, 15) is 38.4 Å². The molecule has 1 aromatic carbocycles. The zero-order chi connectivity index (χ0) is 40.2. The summed E-state index contributed by atoms with van der Waals surface area (Å²) in [7, 11) is 1.52. The molecule has 3 N–H and O–H groups in total. The molecule has 0 saturated carbocycles. The van der Waals surface area contributed by atoms with Crippen molar-refractivity contribution in [1.82, 2.24) is 10.2 Å². The summed E-state index contributed by atoms with van der Waals surface area (Å²) in [5.74, 6) is -5.24. The lowest BCUT2D eigenvalue weighted by Crippen LogP contribution is -2.40. The number of nitrogens with zero attached hydrogens (tertiary/aromatic N) is 1. The average molecular weight is 740 g/mol. The van der Waals surface area contributed by atoms with E-state index in [1.54, 1.807) is 6.92 Å². The number of amides is 2. The lowest BCUT2D eigenvalue weighted by molar-refractivity contribution is -0.141. The molecule has 0 aliphatic heterocycles. The van der Waals surface area contributed by atoms with Gasteiger partial charge >= 0.3 is 0 Å². The Labute approximate surface area is 317 Å². The Balaban J connectivity index is 3.24. The third-order valence-electron chi connectivity index (χ3n) is 9.91. The molecule has 0 aliphatic rings. The molecule has 11 heteroatoms. The van der Waals surface area contributed by atoms with Gasteiger partial charge in [0.05, 0.1) is 13.1 Å². The first-order valence-electron chi connectivity index (χ1n) is 19.2. The van der Waals surface area contributed by atoms with Crippen LogP contribution in [0.1, 0.15) is 112 Å². The first-order valence-corrected chi connectivity index (χ1v) is 19.2. The van der Waals surface area contributed by atoms with E-state index < -0.39 is 29.6 Å². The molecule has 296 valence electrons. The van der Waals surface area contributed by atoms with Crippen LogP contribution in [-0.2, 0) is 44.8 Å². The Morgan fingerprint density at radius 3 is 1.87 bits per heavy atom. The molecule has 0 aromatic heterocycles. The van der Waals surface area contributed by atoms with Crippen LogP contribution < -0.4 is 11.1 Å². The zero-order valence-corrected chi connectivity index (χ0v) is 33.4. The fraction of sp³-hybridized carbons (Fsp3) is 0.667. The molecule has 0 bridgehead atoms. The van der Waals surface area contributed by atoms with Gasteiger partial charge in [0.1, 0.15) is 23.1 Å². The molecule has 11 nitrogen and oxygen atoms in total. The molecular formula is C42H65N3O8. The van der Waals surface area contributed by atoms with Crippen molar-refractivity contribution in [3.8, 4) is 0 Å². The van der Waals surface area contributed by atoms with Crippen LogP contribution in [0, 0.1) is 41.4 Å². The Morgan fingerprint density at radius 2 is 1.32 bits per heavy atom. The smallest absolute Gasteiger partial charge is 0.226 e. The fourth-order valence-corrected chi connectivity index (χ4v) is 6.64. The van der Waals surface area contributed by atoms with Crippen LogP contribution >= 0.6 is 0 Å². The first kappa shape index (κ1) is 47.2. The lowest BCUT2D eigenvalue weighted by Gasteiger charge is -2.27. The highest BCUT2D eigenvalue weighted by Gasteiger charge is 2.35. The van der Waals surface area contributed by atoms with Crippen molar-refractivity contribution in [2.45, 2.75) is 113 Å². The van der Waals surface area contributed by atoms with Gasteiger partial charge in [0.2, 0.25) is 11.8 Å². The van der Waals surface area contributed by atoms with E-state index >= 15 is 0 Å². The number of nitrogens with two attached hydrogens (primary N) is 1. The second kappa shape index (κ2) is 24.5. The van der Waals surface area contributed by atoms with Crippen LogP contribution in [0.3, 0.4) is 0 Å². The molecule has 0 saturated heterocycles. The maximum atomic E-state index is 14.1. The fourth-order valence-electron chi connectivity index (χ4n) is 6.64. The number of rotatable bonds is 28. The van der Waals surface area contributed by atoms with Gasteiger partial charge in [-0.15, -0.1) is 0 Å². The summed E-state index contributed by atoms with van der Waals surface area (Å²) >= 11 is 0. The van der Waals surface area contributed by atoms with Crippen molar-refractivity contribution in [2.75, 3.05) is 26.7 Å². The molecule has 0 radical (unpaired) electrons. The highest BCUT2D eigenvalue weighted by atomic mass is 16.2. The van der Waals surface area contributed by atoms with Crippen LogP contribution in [0.15, 0.2) is 30.3 Å². The van der Waals surface area contributed by atoms with Gasteiger partial charge in [-0.05, 0) is 56.6 Å². The van der Waals surface area contributed by atoms with Crippen molar-refractivity contribution in [1.29, 1.82) is 0 Å². The summed E-state index contributed by atoms with van der Waals surface area (Å²) < 4.78 is 0. The highest BCUT2D eigenvalue weighted by molar-refractivity contribution is 5.96. The second-order valence-electron chi connectivity index (χ2n) is 15.7. The number of nitrogens with one attached hydrogen (secondary N) is 1. The van der Waals surface area contributed by atoms with Crippen LogP contribution in [0.2, 0.25) is 0 Å². The summed E-state index contributed by atoms with van der Waals surface area (Å²) in [4.78, 5) is 105. The Hall–Kier alpha value is -3.86. The molecular weight excluding hydrogens is 674 g/mol. The summed E-state index contributed by atoms with van der Waals surface area (Å²) in [6, 6.07) is 9.30. The summed E-state index contributed by atoms with van der Waals surface area (Å²) in [5, 5.41) is 2.49. The number of Topliss-reactive ketones (excluding diaryl/α,β-unsaturated/α-hetero) is 6. The number of hydrogen-bond donors (Lipinski definition) is 2. The van der Waals surface area contributed by atoms with Crippen molar-refractivity contribution < 1.29 is 38.4 Å². The van der Waals surface area contributed by atoms with Gasteiger partial charge in [-0.25, -0.2) is 0 Å². The molecule has 0 spiro atoms. The number of hydrogen-bond acceptors (Lipinski definition) is 9. The van der Waals surface area contributed by atoms with Crippen LogP contribution in [0.25, 0.3) is 0 Å². The summed E-state index contributed by atoms with van der Waals surface area (Å²) in [6.07, 6.45) is 2.23. The van der Waals surface area contributed by atoms with Gasteiger partial charge in [0, 0.05) is 75.7 Å². The van der Waals surface area contributed by atoms with E-state index in [-0.39, 0.29) is 110 Å². The van der Waals surface area contributed by atoms with Gasteiger partial charge < -0.3 is 16.0 Å². The number of carbonyl (C=O) groups excluding carboxylic acids is 8. The largest absolute Gasteiger partial charge is 0.349 e. The normalized spacial score (nSPS) is 14.2. The molecule has 2 amide bonds. The third kappa shape index (κ3) is 18.6. The highest BCUT2D eigenvalue weighted by Crippen LogP contribution is 2.29. The maximum absolute atomic E-state index is 14.1. The van der Waals surface area contributed by atoms with E-state index in [2.05, 4.69) is 5.32 Å². The van der Waals surface area contributed by atoms with Crippen molar-refractivity contribution in [3.05, 3.63) is 35.9 Å². The quantitative estimate of drug-likeness (QED) is 0.110. The minimum absolute atomic E-state index is 0.0225. The number of unbranched alkanes of at least 4 members (excludes halogenated alkanes) is 1. The molecule has 0 aliphatic carbocycles. The maximum Gasteiger partial charge on any atom is 0.226 e. The SMILES string of the molecule is CC(=O)NCC(=O)CC(CCCCN)C(=O)CC(CC(C)C)C(=O)CC(C(=O)CC(Cc1ccccc1)C(=O)N(C)CC(=O)CC(C)C(C)=O)C(C)C. The van der Waals surface area contributed by atoms with Crippen LogP contribution in [0.4, 0.5) is 0 Å². The standard InChI is InChI=1S/C42H65N3O8/c1-27(2)18-34(22-39(50)33(16-12-13-17-43)21-36(48)25-44-31(7)47)40(51)24-38(28(3)4)41(52)23-35(20-32-14-10-9-11-15-32)42(53)45(8)26-37(49)19-29(5)30(6)46/h9-11,14-15,27-29,33-35,38H,12-13,16-26,43H2,1-8H3,(H,44,47). The molecule has 1 aromatic rings. The zero-order valence-electron chi connectivity index (χ0n) is 33.4. The molecule has 5 unspecified atom stereocenters. The molecule has 1 rings (SSSR count). The number of ketones is 6. The van der Waals surface area contributed by atoms with E-state index in [1.807, 2.05) is 58.0 Å². The Morgan fingerprint density at radius 1 is 0.717 bits per heavy atom. The topological polar surface area (TPSA) is 178 Å². The molecule has 0 fully saturated rings. The monoisotopic (exact) mass is 739 g/mol. The number of carbonyl (C=O) groups is 8. The minimum atomic E-state index is -0.776. The van der Waals surface area contributed by atoms with Crippen molar-refractivity contribution in [3.63, 3.8) is 0 Å². The molecule has 0 heterocycles. The van der Waals surface area contributed by atoms with E-state index in [0.29, 0.717) is 32.2 Å². The average Bonchev–Trinajstić information content (AvgIpc) is 3.08. The van der Waals surface area contributed by atoms with Gasteiger partial charge in [-0.1, -0.05) is 71.4 Å². The van der Waals surface area contributed by atoms with E-state index in [1.165, 1.54) is 25.8 Å². The molecule has 5 atom stereocenters. The summed E-state index contributed by atoms with van der Waals surface area (Å²) in [5.41, 5.74) is 6.52. The van der Waals surface area contributed by atoms with E-state index in [0.717, 1.165) is 5.56 Å². The van der Waals surface area contributed by atoms with Crippen LogP contribution in [0.5, 0.6) is 0 Å². The van der Waals surface area contributed by atoms with Crippen molar-refractivity contribution >= 4 is 46.5 Å². The number of benzene rings is 1. The predicted octanol–water partition coefficient (Wildman–Crippen LogP) is 5.14. The van der Waals surface area contributed by atoms with Gasteiger partial charge in [-0.2, -0.15) is 0 Å². The summed E-state index contributed by atoms with van der Waals surface area (Å²) in [6.45, 7) is 12.2. The van der Waals surface area contributed by atoms with Crippen molar-refractivity contribution in [2.24, 2.45) is 47.2 Å². The first-order chi connectivity index (χ1) is 24.9.